The number of carbonyl (C=O) groups excluding carboxylic acids is 1. The smallest absolute Gasteiger partial charge is 0.335 e. The van der Waals surface area contributed by atoms with Gasteiger partial charge in [-0.3, -0.25) is 4.90 Å². The van der Waals surface area contributed by atoms with Crippen LogP contribution in [0.3, 0.4) is 0 Å². The maximum absolute atomic E-state index is 11.5. The topological polar surface area (TPSA) is 49.8 Å². The summed E-state index contributed by atoms with van der Waals surface area (Å²) in [4.78, 5) is 13.3. The molecule has 0 amide bonds. The summed E-state index contributed by atoms with van der Waals surface area (Å²) in [6.07, 6.45) is 1.27. The van der Waals surface area contributed by atoms with E-state index < -0.39 is 6.10 Å². The summed E-state index contributed by atoms with van der Waals surface area (Å²) >= 11 is 0. The third-order valence-corrected chi connectivity index (χ3v) is 2.19. The summed E-state index contributed by atoms with van der Waals surface area (Å²) in [7, 11) is 3.66. The van der Waals surface area contributed by atoms with Crippen LogP contribution in [0.25, 0.3) is 0 Å². The van der Waals surface area contributed by atoms with Gasteiger partial charge in [0.2, 0.25) is 0 Å². The fraction of sp³-hybridized carbons (Fsp3) is 0.727. The van der Waals surface area contributed by atoms with Gasteiger partial charge in [0.05, 0.1) is 6.10 Å². The Bertz CT molecular complexity index is 241. The number of ether oxygens (including phenoxy) is 1. The largest absolute Gasteiger partial charge is 0.443 e. The first-order valence-electron chi connectivity index (χ1n) is 5.12. The molecule has 0 saturated heterocycles. The fourth-order valence-corrected chi connectivity index (χ4v) is 0.828. The van der Waals surface area contributed by atoms with Crippen molar-refractivity contribution in [2.75, 3.05) is 14.1 Å². The number of esters is 1. The second-order valence-corrected chi connectivity index (χ2v) is 3.79. The molecule has 0 heterocycles. The van der Waals surface area contributed by atoms with Crippen LogP contribution in [0, 0.1) is 0 Å². The van der Waals surface area contributed by atoms with E-state index >= 15 is 0 Å². The first-order chi connectivity index (χ1) is 6.88. The highest BCUT2D eigenvalue weighted by Crippen LogP contribution is 2.05. The van der Waals surface area contributed by atoms with Crippen molar-refractivity contribution in [3.8, 4) is 0 Å². The van der Waals surface area contributed by atoms with E-state index in [1.165, 1.54) is 6.08 Å². The van der Waals surface area contributed by atoms with Crippen LogP contribution in [0.15, 0.2) is 11.6 Å². The van der Waals surface area contributed by atoms with Gasteiger partial charge in [-0.15, -0.1) is 12.4 Å². The van der Waals surface area contributed by atoms with Crippen molar-refractivity contribution in [3.63, 3.8) is 0 Å². The predicted octanol–water partition coefficient (Wildman–Crippen LogP) is 1.58. The fourth-order valence-electron chi connectivity index (χ4n) is 0.828. The van der Waals surface area contributed by atoms with Crippen LogP contribution in [0.1, 0.15) is 27.2 Å². The average Bonchev–Trinajstić information content (AvgIpc) is 2.16. The number of carbonyl (C=O) groups is 1. The molecule has 0 aromatic heterocycles. The quantitative estimate of drug-likeness (QED) is 0.458. The molecule has 0 aromatic carbocycles. The average molecular weight is 252 g/mol. The summed E-state index contributed by atoms with van der Waals surface area (Å²) in [5, 5.41) is 9.33. The van der Waals surface area contributed by atoms with Gasteiger partial charge < -0.3 is 9.84 Å². The second-order valence-electron chi connectivity index (χ2n) is 3.79. The van der Waals surface area contributed by atoms with Crippen LogP contribution in [-0.2, 0) is 9.53 Å². The van der Waals surface area contributed by atoms with Crippen LogP contribution >= 0.6 is 12.4 Å². The monoisotopic (exact) mass is 251 g/mol. The summed E-state index contributed by atoms with van der Waals surface area (Å²) in [5.41, 5.74) is 0.443. The number of aliphatic hydroxyl groups is 1. The van der Waals surface area contributed by atoms with E-state index in [9.17, 15) is 9.90 Å². The molecule has 2 unspecified atom stereocenters. The Balaban J connectivity index is 0. The molecule has 0 saturated carbocycles. The summed E-state index contributed by atoms with van der Waals surface area (Å²) in [6, 6.07) is 0. The highest BCUT2D eigenvalue weighted by atomic mass is 35.5. The van der Waals surface area contributed by atoms with E-state index in [1.54, 1.807) is 18.7 Å². The molecular weight excluding hydrogens is 230 g/mol. The third kappa shape index (κ3) is 6.82. The van der Waals surface area contributed by atoms with Crippen molar-refractivity contribution < 1.29 is 14.6 Å². The van der Waals surface area contributed by atoms with Gasteiger partial charge in [-0.25, -0.2) is 4.79 Å². The number of hydrogen-bond donors (Lipinski definition) is 1. The van der Waals surface area contributed by atoms with Gasteiger partial charge in [-0.2, -0.15) is 0 Å². The molecule has 0 aliphatic carbocycles. The van der Waals surface area contributed by atoms with E-state index in [0.717, 1.165) is 0 Å². The molecule has 0 aliphatic rings. The first kappa shape index (κ1) is 17.8. The lowest BCUT2D eigenvalue weighted by Gasteiger charge is -2.20. The molecule has 0 fully saturated rings. The Labute approximate surface area is 104 Å². The normalized spacial score (nSPS) is 15.3. The zero-order valence-corrected chi connectivity index (χ0v) is 11.4. The summed E-state index contributed by atoms with van der Waals surface area (Å²) in [6.45, 7) is 5.28. The molecule has 0 aliphatic heterocycles. The highest BCUT2D eigenvalue weighted by Gasteiger charge is 2.13. The maximum atomic E-state index is 11.5. The molecule has 0 rings (SSSR count). The van der Waals surface area contributed by atoms with Gasteiger partial charge in [-0.05, 0) is 40.4 Å². The van der Waals surface area contributed by atoms with Gasteiger partial charge in [-0.1, -0.05) is 6.92 Å². The van der Waals surface area contributed by atoms with Crippen LogP contribution in [-0.4, -0.2) is 42.4 Å². The lowest BCUT2D eigenvalue weighted by atomic mass is 10.2. The lowest BCUT2D eigenvalue weighted by Crippen LogP contribution is -2.30. The number of halogens is 1. The molecule has 16 heavy (non-hydrogen) atoms. The molecule has 0 bridgehead atoms. The van der Waals surface area contributed by atoms with Gasteiger partial charge in [0.25, 0.3) is 0 Å². The number of rotatable bonds is 5. The molecule has 4 nitrogen and oxygen atoms in total. The number of nitrogens with zero attached hydrogens (tertiary/aromatic N) is 1. The Morgan fingerprint density at radius 1 is 1.50 bits per heavy atom. The van der Waals surface area contributed by atoms with E-state index in [-0.39, 0.29) is 24.6 Å². The Kier molecular flexibility index (Phi) is 9.52. The van der Waals surface area contributed by atoms with E-state index in [0.29, 0.717) is 12.0 Å². The minimum atomic E-state index is -0.577. The third-order valence-electron chi connectivity index (χ3n) is 2.19. The molecule has 0 radical (unpaired) electrons. The molecule has 1 N–H and O–H groups in total. The van der Waals surface area contributed by atoms with Crippen molar-refractivity contribution >= 4 is 18.4 Å². The first-order valence-corrected chi connectivity index (χ1v) is 5.12. The molecule has 0 aromatic rings. The second kappa shape index (κ2) is 8.56. The standard InChI is InChI=1S/C11H21NO3.ClH/c1-6-10(13)7-8(2)11(14)15-9(3)12(4)5;/h7,9-10,13H,6H2,1-5H3;1H. The predicted molar refractivity (Wildman–Crippen MR) is 66.5 cm³/mol. The van der Waals surface area contributed by atoms with Crippen molar-refractivity contribution in [1.82, 2.24) is 4.90 Å². The minimum Gasteiger partial charge on any atom is -0.443 e. The number of aliphatic hydroxyl groups excluding tert-OH is 1. The van der Waals surface area contributed by atoms with Crippen molar-refractivity contribution in [2.45, 2.75) is 39.5 Å². The minimum absolute atomic E-state index is 0. The van der Waals surface area contributed by atoms with Crippen LogP contribution in [0.4, 0.5) is 0 Å². The van der Waals surface area contributed by atoms with Crippen LogP contribution < -0.4 is 0 Å². The van der Waals surface area contributed by atoms with Crippen molar-refractivity contribution in [2.24, 2.45) is 0 Å². The number of hydrogen-bond acceptors (Lipinski definition) is 4. The van der Waals surface area contributed by atoms with E-state index in [1.807, 2.05) is 21.0 Å². The molecule has 96 valence electrons. The van der Waals surface area contributed by atoms with Gasteiger partial charge in [0.1, 0.15) is 0 Å². The summed E-state index contributed by atoms with van der Waals surface area (Å²) in [5.74, 6) is -0.385. The van der Waals surface area contributed by atoms with Gasteiger partial charge in [0, 0.05) is 5.57 Å². The van der Waals surface area contributed by atoms with E-state index in [2.05, 4.69) is 0 Å². The van der Waals surface area contributed by atoms with Crippen molar-refractivity contribution in [3.05, 3.63) is 11.6 Å². The van der Waals surface area contributed by atoms with Crippen molar-refractivity contribution in [1.29, 1.82) is 0 Å². The maximum Gasteiger partial charge on any atom is 0.335 e. The van der Waals surface area contributed by atoms with Crippen LogP contribution in [0.5, 0.6) is 0 Å². The Morgan fingerprint density at radius 3 is 2.38 bits per heavy atom. The SMILES string of the molecule is CCC(O)C=C(C)C(=O)OC(C)N(C)C.Cl. The molecule has 5 heteroatoms. The Morgan fingerprint density at radius 2 is 2.00 bits per heavy atom. The zero-order chi connectivity index (χ0) is 12.0. The molecule has 2 atom stereocenters. The van der Waals surface area contributed by atoms with Gasteiger partial charge >= 0.3 is 5.97 Å². The molecular formula is C11H22ClNO3. The summed E-state index contributed by atoms with van der Waals surface area (Å²) < 4.78 is 5.13. The molecule has 0 spiro atoms. The zero-order valence-electron chi connectivity index (χ0n) is 10.6. The van der Waals surface area contributed by atoms with Crippen LogP contribution in [0.2, 0.25) is 0 Å². The lowest BCUT2D eigenvalue weighted by molar-refractivity contribution is -0.150. The van der Waals surface area contributed by atoms with E-state index in [4.69, 9.17) is 4.74 Å². The Hall–Kier alpha value is -0.580. The van der Waals surface area contributed by atoms with Gasteiger partial charge in [0.15, 0.2) is 6.23 Å². The highest BCUT2D eigenvalue weighted by molar-refractivity contribution is 5.87.